The van der Waals surface area contributed by atoms with Crippen LogP contribution in [-0.4, -0.2) is 64.6 Å². The molecular weight excluding hydrogens is 649 g/mol. The minimum absolute atomic E-state index is 0.231. The van der Waals surface area contributed by atoms with Crippen molar-refractivity contribution in [3.63, 3.8) is 0 Å². The minimum Gasteiger partial charge on any atom is -0.451 e. The second-order valence-electron chi connectivity index (χ2n) is 13.7. The Labute approximate surface area is 292 Å². The van der Waals surface area contributed by atoms with Crippen molar-refractivity contribution in [3.8, 4) is 23.0 Å². The van der Waals surface area contributed by atoms with Gasteiger partial charge in [-0.25, -0.2) is 19.3 Å². The zero-order valence-corrected chi connectivity index (χ0v) is 27.9. The van der Waals surface area contributed by atoms with Gasteiger partial charge in [-0.2, -0.15) is 0 Å². The molecule has 9 rings (SSSR count). The highest BCUT2D eigenvalue weighted by atomic mass is 19.1. The quantitative estimate of drug-likeness (QED) is 0.203. The molecule has 3 aliphatic rings. The standard InChI is InChI=1S/C39H34FN7O4/c1-23-16-28(36(42-19-23)46-21-39(22-46)11-14-50-15-12-39)37(48)43-27-8-6-24(7-9-27)38(49)47-13-10-25-17-32(35-44-29-4-2-3-5-30(29)45-35)51-34(25)33-31(47)18-26(40)20-41-33/h2-9,16-20H,10-15,21-22H2,1H3,(H,43,48)(H,44,45). The van der Waals surface area contributed by atoms with Gasteiger partial charge in [0.05, 0.1) is 28.5 Å². The van der Waals surface area contributed by atoms with Crippen molar-refractivity contribution >= 4 is 40.0 Å². The first kappa shape index (κ1) is 31.1. The number of aromatic nitrogens is 4. The van der Waals surface area contributed by atoms with E-state index in [1.807, 2.05) is 43.3 Å². The summed E-state index contributed by atoms with van der Waals surface area (Å²) in [5.74, 6) is 1.09. The fourth-order valence-electron chi connectivity index (χ4n) is 7.44. The SMILES string of the molecule is Cc1cnc(N2CC3(CCOCC3)C2)c(C(=O)Nc2ccc(C(=O)N3CCc4cc(-c5nc6ccccc6[nH]5)oc4-c4ncc(F)cc43)cc2)c1. The number of hydrogen-bond donors (Lipinski definition) is 2. The zero-order valence-electron chi connectivity index (χ0n) is 27.9. The molecule has 0 atom stereocenters. The zero-order chi connectivity index (χ0) is 34.7. The van der Waals surface area contributed by atoms with Crippen LogP contribution >= 0.6 is 0 Å². The number of fused-ring (bicyclic) bond motifs is 4. The van der Waals surface area contributed by atoms with Crippen LogP contribution in [0.25, 0.3) is 34.1 Å². The van der Waals surface area contributed by atoms with Crippen LogP contribution in [0.2, 0.25) is 0 Å². The highest BCUT2D eigenvalue weighted by Crippen LogP contribution is 2.43. The number of nitrogens with one attached hydrogen (secondary N) is 2. The molecule has 0 radical (unpaired) electrons. The number of imidazole rings is 1. The van der Waals surface area contributed by atoms with Crippen LogP contribution in [-0.2, 0) is 11.2 Å². The number of rotatable bonds is 5. The molecule has 0 saturated carbocycles. The molecule has 12 heteroatoms. The number of H-pyrrole nitrogens is 1. The summed E-state index contributed by atoms with van der Waals surface area (Å²) in [4.78, 5) is 48.2. The molecular formula is C39H34FN7O4. The molecule has 51 heavy (non-hydrogen) atoms. The number of carbonyl (C=O) groups excluding carboxylic acids is 2. The highest BCUT2D eigenvalue weighted by molar-refractivity contribution is 6.10. The highest BCUT2D eigenvalue weighted by Gasteiger charge is 2.45. The van der Waals surface area contributed by atoms with Gasteiger partial charge in [-0.1, -0.05) is 12.1 Å². The fourth-order valence-corrected chi connectivity index (χ4v) is 7.44. The number of furan rings is 1. The molecule has 1 spiro atoms. The van der Waals surface area contributed by atoms with E-state index in [4.69, 9.17) is 9.15 Å². The third kappa shape index (κ3) is 5.61. The Balaban J connectivity index is 0.940. The van der Waals surface area contributed by atoms with E-state index < -0.39 is 5.82 Å². The van der Waals surface area contributed by atoms with Gasteiger partial charge < -0.3 is 29.3 Å². The van der Waals surface area contributed by atoms with Crippen molar-refractivity contribution in [3.05, 3.63) is 107 Å². The number of para-hydroxylation sites is 2. The van der Waals surface area contributed by atoms with Crippen LogP contribution < -0.4 is 15.1 Å². The number of hydrogen-bond acceptors (Lipinski definition) is 8. The monoisotopic (exact) mass is 683 g/mol. The van der Waals surface area contributed by atoms with Gasteiger partial charge in [-0.3, -0.25) is 9.59 Å². The van der Waals surface area contributed by atoms with Crippen LogP contribution in [0.15, 0.2) is 83.5 Å². The van der Waals surface area contributed by atoms with Gasteiger partial charge in [-0.15, -0.1) is 0 Å². The van der Waals surface area contributed by atoms with Crippen molar-refractivity contribution in [2.75, 3.05) is 48.0 Å². The summed E-state index contributed by atoms with van der Waals surface area (Å²) in [5.41, 5.74) is 5.77. The van der Waals surface area contributed by atoms with E-state index in [1.54, 1.807) is 30.5 Å². The molecule has 3 aliphatic heterocycles. The average molecular weight is 684 g/mol. The van der Waals surface area contributed by atoms with Gasteiger partial charge in [0.2, 0.25) is 0 Å². The molecule has 0 unspecified atom stereocenters. The predicted molar refractivity (Wildman–Crippen MR) is 190 cm³/mol. The fraction of sp³-hybridized carbons (Fsp3) is 0.256. The summed E-state index contributed by atoms with van der Waals surface area (Å²) < 4.78 is 26.5. The summed E-state index contributed by atoms with van der Waals surface area (Å²) in [6.45, 7) is 5.44. The summed E-state index contributed by atoms with van der Waals surface area (Å²) in [6, 6.07) is 19.5. The lowest BCUT2D eigenvalue weighted by Crippen LogP contribution is -2.59. The summed E-state index contributed by atoms with van der Waals surface area (Å²) in [5, 5.41) is 2.98. The van der Waals surface area contributed by atoms with Crippen LogP contribution in [0.1, 0.15) is 44.7 Å². The molecule has 0 bridgehead atoms. The molecule has 6 aromatic rings. The first-order valence-corrected chi connectivity index (χ1v) is 17.1. The lowest BCUT2D eigenvalue weighted by atomic mass is 9.73. The predicted octanol–water partition coefficient (Wildman–Crippen LogP) is 6.80. The molecule has 2 aromatic carbocycles. The summed E-state index contributed by atoms with van der Waals surface area (Å²) >= 11 is 0. The number of ether oxygens (including phenoxy) is 1. The smallest absolute Gasteiger partial charge is 0.259 e. The van der Waals surface area contributed by atoms with Gasteiger partial charge in [0, 0.05) is 67.3 Å². The maximum absolute atomic E-state index is 14.7. The van der Waals surface area contributed by atoms with Crippen molar-refractivity contribution in [1.82, 2.24) is 19.9 Å². The van der Waals surface area contributed by atoms with Crippen LogP contribution in [0.4, 0.5) is 21.6 Å². The molecule has 4 aromatic heterocycles. The minimum atomic E-state index is -0.566. The van der Waals surface area contributed by atoms with E-state index >= 15 is 0 Å². The number of amides is 2. The van der Waals surface area contributed by atoms with Crippen molar-refractivity contribution < 1.29 is 23.1 Å². The number of pyridine rings is 2. The topological polar surface area (TPSA) is 129 Å². The van der Waals surface area contributed by atoms with E-state index in [1.165, 1.54) is 11.0 Å². The number of carbonyl (C=O) groups is 2. The number of benzene rings is 2. The Morgan fingerprint density at radius 3 is 2.59 bits per heavy atom. The Hall–Kier alpha value is -5.88. The Bertz CT molecular complexity index is 2290. The Morgan fingerprint density at radius 2 is 1.78 bits per heavy atom. The molecule has 256 valence electrons. The van der Waals surface area contributed by atoms with Gasteiger partial charge in [0.1, 0.15) is 17.3 Å². The largest absolute Gasteiger partial charge is 0.451 e. The number of nitrogens with zero attached hydrogens (tertiary/aromatic N) is 5. The molecule has 11 nitrogen and oxygen atoms in total. The molecule has 0 aliphatic carbocycles. The average Bonchev–Trinajstić information content (AvgIpc) is 3.73. The third-order valence-corrected chi connectivity index (χ3v) is 10.2. The van der Waals surface area contributed by atoms with Crippen molar-refractivity contribution in [2.24, 2.45) is 5.41 Å². The number of halogens is 1. The van der Waals surface area contributed by atoms with E-state index in [9.17, 15) is 14.0 Å². The van der Waals surface area contributed by atoms with Crippen LogP contribution in [0.3, 0.4) is 0 Å². The molecule has 2 saturated heterocycles. The van der Waals surface area contributed by atoms with Gasteiger partial charge in [0.15, 0.2) is 17.3 Å². The molecule has 2 amide bonds. The van der Waals surface area contributed by atoms with Crippen LogP contribution in [0, 0.1) is 18.2 Å². The second kappa shape index (κ2) is 12.2. The van der Waals surface area contributed by atoms with Gasteiger partial charge >= 0.3 is 0 Å². The normalized spacial score (nSPS) is 16.4. The Kier molecular flexibility index (Phi) is 7.42. The lowest BCUT2D eigenvalue weighted by molar-refractivity contribution is -0.000510. The number of aromatic amines is 1. The maximum atomic E-state index is 14.7. The molecule has 2 fully saturated rings. The van der Waals surface area contributed by atoms with E-state index in [2.05, 4.69) is 30.2 Å². The van der Waals surface area contributed by atoms with E-state index in [0.29, 0.717) is 57.8 Å². The molecule has 2 N–H and O–H groups in total. The van der Waals surface area contributed by atoms with Crippen molar-refractivity contribution in [1.29, 1.82) is 0 Å². The summed E-state index contributed by atoms with van der Waals surface area (Å²) in [7, 11) is 0. The van der Waals surface area contributed by atoms with Crippen molar-refractivity contribution in [2.45, 2.75) is 26.2 Å². The molecule has 7 heterocycles. The number of aryl methyl sites for hydroxylation is 1. The first-order valence-electron chi connectivity index (χ1n) is 17.1. The second-order valence-corrected chi connectivity index (χ2v) is 13.7. The lowest BCUT2D eigenvalue weighted by Gasteiger charge is -2.53. The van der Waals surface area contributed by atoms with Gasteiger partial charge in [-0.05, 0) is 80.3 Å². The first-order chi connectivity index (χ1) is 24.8. The Morgan fingerprint density at radius 1 is 0.980 bits per heavy atom. The summed E-state index contributed by atoms with van der Waals surface area (Å²) in [6.07, 6.45) is 5.40. The van der Waals surface area contributed by atoms with E-state index in [0.717, 1.165) is 67.5 Å². The van der Waals surface area contributed by atoms with Gasteiger partial charge in [0.25, 0.3) is 11.8 Å². The third-order valence-electron chi connectivity index (χ3n) is 10.2. The van der Waals surface area contributed by atoms with E-state index in [-0.39, 0.29) is 23.8 Å². The van der Waals surface area contributed by atoms with Crippen LogP contribution in [0.5, 0.6) is 0 Å². The maximum Gasteiger partial charge on any atom is 0.259 e. The number of anilines is 3.